The molecule has 1 aliphatic heterocycles. The molecule has 0 spiro atoms. The Kier molecular flexibility index (Phi) is 11.8. The van der Waals surface area contributed by atoms with E-state index in [-0.39, 0.29) is 30.4 Å². The van der Waals surface area contributed by atoms with Crippen molar-refractivity contribution in [3.63, 3.8) is 0 Å². The van der Waals surface area contributed by atoms with Gasteiger partial charge in [0.25, 0.3) is 0 Å². The van der Waals surface area contributed by atoms with Crippen LogP contribution in [0.4, 0.5) is 13.2 Å². The summed E-state index contributed by atoms with van der Waals surface area (Å²) in [6.45, 7) is 5.36. The van der Waals surface area contributed by atoms with E-state index in [0.717, 1.165) is 32.8 Å². The molecule has 2 N–H and O–H groups in total. The summed E-state index contributed by atoms with van der Waals surface area (Å²) in [5, 5.41) is 6.32. The van der Waals surface area contributed by atoms with E-state index in [2.05, 4.69) is 32.7 Å². The van der Waals surface area contributed by atoms with Gasteiger partial charge in [-0.2, -0.15) is 13.2 Å². The Bertz CT molecular complexity index is 593. The summed E-state index contributed by atoms with van der Waals surface area (Å²) < 4.78 is 41.9. The zero-order valence-corrected chi connectivity index (χ0v) is 18.6. The number of halogens is 4. The minimum absolute atomic E-state index is 0. The van der Waals surface area contributed by atoms with Gasteiger partial charge in [0.15, 0.2) is 5.96 Å². The van der Waals surface area contributed by atoms with Gasteiger partial charge in [0.05, 0.1) is 13.2 Å². The van der Waals surface area contributed by atoms with E-state index < -0.39 is 12.6 Å². The van der Waals surface area contributed by atoms with Crippen LogP contribution < -0.4 is 10.6 Å². The molecule has 0 aliphatic carbocycles. The van der Waals surface area contributed by atoms with Crippen LogP contribution in [0.3, 0.4) is 0 Å². The Labute approximate surface area is 182 Å². The molecule has 0 aromatic heterocycles. The molecule has 0 atom stereocenters. The Morgan fingerprint density at radius 1 is 1.11 bits per heavy atom. The van der Waals surface area contributed by atoms with Crippen molar-refractivity contribution in [2.75, 3.05) is 39.9 Å². The molecular weight excluding hydrogens is 484 g/mol. The van der Waals surface area contributed by atoms with E-state index in [9.17, 15) is 13.2 Å². The Balaban J connectivity index is 0.00000392. The molecule has 1 saturated heterocycles. The quantitative estimate of drug-likeness (QED) is 0.241. The molecule has 1 fully saturated rings. The highest BCUT2D eigenvalue weighted by Gasteiger charge is 2.25. The van der Waals surface area contributed by atoms with Crippen LogP contribution in [0.1, 0.15) is 30.4 Å². The van der Waals surface area contributed by atoms with Gasteiger partial charge < -0.3 is 15.4 Å². The summed E-state index contributed by atoms with van der Waals surface area (Å²) in [5.74, 6) is 0.600. The first kappa shape index (κ1) is 25.0. The minimum Gasteiger partial charge on any atom is -0.379 e. The predicted octanol–water partition coefficient (Wildman–Crippen LogP) is 3.53. The standard InChI is InChI=1S/C19H29F3N4O.HI/c1-23-18(24-9-5-4-8-19(20,21)22)25-14-16-6-2-3-7-17(16)15-26-10-12-27-13-11-26;/h2-3,6-7H,4-5,8-15H2,1H3,(H2,23,24,25);1H. The predicted molar refractivity (Wildman–Crippen MR) is 116 cm³/mol. The fourth-order valence-corrected chi connectivity index (χ4v) is 2.94. The molecule has 0 radical (unpaired) electrons. The number of unbranched alkanes of at least 4 members (excludes halogenated alkanes) is 1. The van der Waals surface area contributed by atoms with E-state index in [1.165, 1.54) is 11.1 Å². The molecule has 1 aromatic carbocycles. The molecule has 0 amide bonds. The second-order valence-corrected chi connectivity index (χ2v) is 6.58. The number of ether oxygens (including phenoxy) is 1. The van der Waals surface area contributed by atoms with Crippen molar-refractivity contribution in [1.29, 1.82) is 0 Å². The van der Waals surface area contributed by atoms with Crippen LogP contribution in [-0.2, 0) is 17.8 Å². The maximum atomic E-state index is 12.2. The monoisotopic (exact) mass is 514 g/mol. The van der Waals surface area contributed by atoms with Crippen LogP contribution in [0.5, 0.6) is 0 Å². The smallest absolute Gasteiger partial charge is 0.379 e. The van der Waals surface area contributed by atoms with E-state index in [1.54, 1.807) is 7.05 Å². The number of aliphatic imine (C=N–C) groups is 1. The second-order valence-electron chi connectivity index (χ2n) is 6.58. The number of morpholine rings is 1. The van der Waals surface area contributed by atoms with E-state index in [0.29, 0.717) is 25.5 Å². The summed E-state index contributed by atoms with van der Waals surface area (Å²) in [7, 11) is 1.66. The maximum absolute atomic E-state index is 12.2. The van der Waals surface area contributed by atoms with Crippen LogP contribution in [0.2, 0.25) is 0 Å². The van der Waals surface area contributed by atoms with Gasteiger partial charge in [-0.15, -0.1) is 24.0 Å². The van der Waals surface area contributed by atoms with Crippen LogP contribution in [0.25, 0.3) is 0 Å². The molecule has 0 saturated carbocycles. The number of nitrogens with zero attached hydrogens (tertiary/aromatic N) is 2. The van der Waals surface area contributed by atoms with Gasteiger partial charge in [0, 0.05) is 46.2 Å². The average Bonchev–Trinajstić information content (AvgIpc) is 2.65. The molecule has 1 aliphatic rings. The SMILES string of the molecule is CN=C(NCCCCC(F)(F)F)NCc1ccccc1CN1CCOCC1.I. The number of rotatable bonds is 8. The van der Waals surface area contributed by atoms with Gasteiger partial charge in [-0.3, -0.25) is 9.89 Å². The summed E-state index contributed by atoms with van der Waals surface area (Å²) in [6, 6.07) is 8.25. The normalized spacial score (nSPS) is 15.8. The fourth-order valence-electron chi connectivity index (χ4n) is 2.94. The topological polar surface area (TPSA) is 48.9 Å². The zero-order chi connectivity index (χ0) is 19.5. The molecule has 1 aromatic rings. The summed E-state index contributed by atoms with van der Waals surface area (Å²) >= 11 is 0. The van der Waals surface area contributed by atoms with E-state index in [1.807, 2.05) is 12.1 Å². The highest BCUT2D eigenvalue weighted by atomic mass is 127. The molecule has 0 unspecified atom stereocenters. The first-order valence-electron chi connectivity index (χ1n) is 9.36. The lowest BCUT2D eigenvalue weighted by Crippen LogP contribution is -2.38. The Hall–Kier alpha value is -1.07. The molecule has 28 heavy (non-hydrogen) atoms. The highest BCUT2D eigenvalue weighted by Crippen LogP contribution is 2.21. The zero-order valence-electron chi connectivity index (χ0n) is 16.2. The molecular formula is C19H30F3IN4O. The number of nitrogens with one attached hydrogen (secondary N) is 2. The summed E-state index contributed by atoms with van der Waals surface area (Å²) in [5.41, 5.74) is 2.44. The first-order valence-corrected chi connectivity index (χ1v) is 9.36. The number of hydrogen-bond acceptors (Lipinski definition) is 3. The minimum atomic E-state index is -4.08. The van der Waals surface area contributed by atoms with Crippen molar-refractivity contribution in [3.05, 3.63) is 35.4 Å². The molecule has 9 heteroatoms. The van der Waals surface area contributed by atoms with Crippen LogP contribution in [-0.4, -0.2) is 56.9 Å². The molecule has 0 bridgehead atoms. The lowest BCUT2D eigenvalue weighted by atomic mass is 10.1. The molecule has 1 heterocycles. The van der Waals surface area contributed by atoms with Crippen molar-refractivity contribution >= 4 is 29.9 Å². The van der Waals surface area contributed by atoms with Crippen LogP contribution in [0.15, 0.2) is 29.3 Å². The van der Waals surface area contributed by atoms with Crippen molar-refractivity contribution in [2.45, 2.75) is 38.5 Å². The third-order valence-corrected chi connectivity index (χ3v) is 4.47. The Morgan fingerprint density at radius 2 is 1.79 bits per heavy atom. The lowest BCUT2D eigenvalue weighted by molar-refractivity contribution is -0.135. The van der Waals surface area contributed by atoms with Crippen LogP contribution >= 0.6 is 24.0 Å². The highest BCUT2D eigenvalue weighted by molar-refractivity contribution is 14.0. The van der Waals surface area contributed by atoms with E-state index in [4.69, 9.17) is 4.74 Å². The van der Waals surface area contributed by atoms with Gasteiger partial charge in [-0.05, 0) is 24.0 Å². The van der Waals surface area contributed by atoms with Gasteiger partial charge in [-0.1, -0.05) is 24.3 Å². The first-order chi connectivity index (χ1) is 13.0. The summed E-state index contributed by atoms with van der Waals surface area (Å²) in [4.78, 5) is 6.51. The average molecular weight is 514 g/mol. The van der Waals surface area contributed by atoms with Gasteiger partial charge in [0.1, 0.15) is 0 Å². The molecule has 2 rings (SSSR count). The van der Waals surface area contributed by atoms with Crippen LogP contribution in [0, 0.1) is 0 Å². The van der Waals surface area contributed by atoms with Crippen molar-refractivity contribution in [1.82, 2.24) is 15.5 Å². The maximum Gasteiger partial charge on any atom is 0.389 e. The van der Waals surface area contributed by atoms with Crippen molar-refractivity contribution in [2.24, 2.45) is 4.99 Å². The largest absolute Gasteiger partial charge is 0.389 e. The number of alkyl halides is 3. The second kappa shape index (κ2) is 13.2. The van der Waals surface area contributed by atoms with Crippen molar-refractivity contribution < 1.29 is 17.9 Å². The third-order valence-electron chi connectivity index (χ3n) is 4.47. The number of benzene rings is 1. The fraction of sp³-hybridized carbons (Fsp3) is 0.632. The number of hydrogen-bond donors (Lipinski definition) is 2. The van der Waals surface area contributed by atoms with E-state index >= 15 is 0 Å². The van der Waals surface area contributed by atoms with Gasteiger partial charge >= 0.3 is 6.18 Å². The number of guanidine groups is 1. The Morgan fingerprint density at radius 3 is 2.43 bits per heavy atom. The molecule has 5 nitrogen and oxygen atoms in total. The van der Waals surface area contributed by atoms with Gasteiger partial charge in [-0.25, -0.2) is 0 Å². The van der Waals surface area contributed by atoms with Gasteiger partial charge in [0.2, 0.25) is 0 Å². The lowest BCUT2D eigenvalue weighted by Gasteiger charge is -2.27. The third kappa shape index (κ3) is 9.92. The summed E-state index contributed by atoms with van der Waals surface area (Å²) in [6.07, 6.45) is -4.25. The molecule has 160 valence electrons. The van der Waals surface area contributed by atoms with Crippen molar-refractivity contribution in [3.8, 4) is 0 Å².